The summed E-state index contributed by atoms with van der Waals surface area (Å²) in [6.45, 7) is 2.25. The third-order valence-electron chi connectivity index (χ3n) is 2.04. The molecular formula is C7H18N2O4Si. The Bertz CT molecular complexity index is 178. The van der Waals surface area contributed by atoms with Gasteiger partial charge in [0.05, 0.1) is 0 Å². The van der Waals surface area contributed by atoms with E-state index in [1.807, 2.05) is 6.92 Å². The average Bonchev–Trinajstić information content (AvgIpc) is 2.18. The van der Waals surface area contributed by atoms with Crippen LogP contribution < -0.4 is 11.1 Å². The number of primary amides is 1. The van der Waals surface area contributed by atoms with Gasteiger partial charge in [-0.2, -0.15) is 0 Å². The van der Waals surface area contributed by atoms with Gasteiger partial charge < -0.3 is 24.3 Å². The van der Waals surface area contributed by atoms with Gasteiger partial charge in [-0.25, -0.2) is 4.79 Å². The second kappa shape index (κ2) is 5.97. The molecule has 0 heterocycles. The van der Waals surface area contributed by atoms with E-state index in [4.69, 9.17) is 19.0 Å². The highest BCUT2D eigenvalue weighted by Gasteiger charge is 2.44. The maximum atomic E-state index is 10.5. The van der Waals surface area contributed by atoms with E-state index < -0.39 is 14.8 Å². The van der Waals surface area contributed by atoms with Crippen LogP contribution in [0.5, 0.6) is 0 Å². The van der Waals surface area contributed by atoms with Gasteiger partial charge in [0, 0.05) is 33.4 Å². The summed E-state index contributed by atoms with van der Waals surface area (Å²) in [5, 5.41) is 2.49. The molecule has 0 aromatic heterocycles. The summed E-state index contributed by atoms with van der Waals surface area (Å²) in [6.07, 6.45) is 0. The summed E-state index contributed by atoms with van der Waals surface area (Å²) in [4.78, 5) is 10.5. The van der Waals surface area contributed by atoms with Crippen LogP contribution in [-0.2, 0) is 13.3 Å². The molecule has 2 amide bonds. The number of amides is 2. The van der Waals surface area contributed by atoms with Crippen molar-refractivity contribution in [2.24, 2.45) is 5.73 Å². The third kappa shape index (κ3) is 3.26. The van der Waals surface area contributed by atoms with Crippen molar-refractivity contribution in [1.29, 1.82) is 0 Å². The number of nitrogens with one attached hydrogen (secondary N) is 1. The fourth-order valence-corrected chi connectivity index (χ4v) is 3.29. The molecule has 1 atom stereocenters. The highest BCUT2D eigenvalue weighted by molar-refractivity contribution is 6.62. The van der Waals surface area contributed by atoms with Crippen molar-refractivity contribution < 1.29 is 18.1 Å². The summed E-state index contributed by atoms with van der Waals surface area (Å²) >= 11 is 0. The number of urea groups is 1. The average molecular weight is 222 g/mol. The summed E-state index contributed by atoms with van der Waals surface area (Å²) in [6, 6.07) is -0.567. The van der Waals surface area contributed by atoms with E-state index in [1.165, 1.54) is 21.3 Å². The number of carbonyl (C=O) groups excluding carboxylic acids is 1. The molecular weight excluding hydrogens is 204 g/mol. The molecule has 1 unspecified atom stereocenters. The Morgan fingerprint density at radius 1 is 1.36 bits per heavy atom. The topological polar surface area (TPSA) is 82.8 Å². The van der Waals surface area contributed by atoms with Crippen LogP contribution in [0, 0.1) is 0 Å². The van der Waals surface area contributed by atoms with Gasteiger partial charge in [-0.3, -0.25) is 0 Å². The zero-order valence-electron chi connectivity index (χ0n) is 8.99. The highest BCUT2D eigenvalue weighted by Crippen LogP contribution is 2.22. The zero-order valence-corrected chi connectivity index (χ0v) is 9.99. The van der Waals surface area contributed by atoms with Crippen molar-refractivity contribution in [3.63, 3.8) is 0 Å². The molecule has 0 saturated carbocycles. The van der Waals surface area contributed by atoms with E-state index in [0.717, 1.165) is 0 Å². The minimum atomic E-state index is -2.66. The van der Waals surface area contributed by atoms with Crippen molar-refractivity contribution >= 4 is 14.8 Å². The fourth-order valence-electron chi connectivity index (χ4n) is 1.23. The number of hydrogen-bond donors (Lipinski definition) is 2. The van der Waals surface area contributed by atoms with Crippen LogP contribution in [0.25, 0.3) is 0 Å². The van der Waals surface area contributed by atoms with Crippen LogP contribution >= 0.6 is 0 Å². The summed E-state index contributed by atoms with van der Waals surface area (Å²) in [5.74, 6) is 0. The zero-order chi connectivity index (χ0) is 11.2. The third-order valence-corrected chi connectivity index (χ3v) is 5.16. The number of rotatable bonds is 6. The minimum absolute atomic E-state index is 0.0463. The first-order valence-electron chi connectivity index (χ1n) is 4.21. The number of carbonyl (C=O) groups is 1. The standard InChI is InChI=1S/C7H18N2O4Si/c1-6(5-9-7(8)10)14(11-2,12-3)13-4/h6H,5H2,1-4H3,(H3,8,9,10). The largest absolute Gasteiger partial charge is 0.504 e. The van der Waals surface area contributed by atoms with Gasteiger partial charge in [0.2, 0.25) is 0 Å². The van der Waals surface area contributed by atoms with Crippen LogP contribution in [0.2, 0.25) is 5.54 Å². The maximum absolute atomic E-state index is 10.5. The van der Waals surface area contributed by atoms with Gasteiger partial charge in [0.25, 0.3) is 0 Å². The Morgan fingerprint density at radius 3 is 2.07 bits per heavy atom. The molecule has 6 nitrogen and oxygen atoms in total. The predicted molar refractivity (Wildman–Crippen MR) is 53.8 cm³/mol. The van der Waals surface area contributed by atoms with E-state index in [0.29, 0.717) is 6.54 Å². The first-order valence-corrected chi connectivity index (χ1v) is 6.01. The summed E-state index contributed by atoms with van der Waals surface area (Å²) < 4.78 is 15.7. The Hall–Kier alpha value is -0.633. The quantitative estimate of drug-likeness (QED) is 0.616. The second-order valence-electron chi connectivity index (χ2n) is 2.86. The Labute approximate surface area is 85.1 Å². The maximum Gasteiger partial charge on any atom is 0.504 e. The van der Waals surface area contributed by atoms with E-state index in [1.54, 1.807) is 0 Å². The molecule has 0 bridgehead atoms. The normalized spacial score (nSPS) is 13.7. The monoisotopic (exact) mass is 222 g/mol. The fraction of sp³-hybridized carbons (Fsp3) is 0.857. The number of nitrogens with two attached hydrogens (primary N) is 1. The molecule has 0 fully saturated rings. The van der Waals surface area contributed by atoms with Crippen molar-refractivity contribution in [3.05, 3.63) is 0 Å². The molecule has 0 aliphatic carbocycles. The molecule has 3 N–H and O–H groups in total. The van der Waals surface area contributed by atoms with E-state index in [-0.39, 0.29) is 5.54 Å². The Kier molecular flexibility index (Phi) is 5.70. The summed E-state index contributed by atoms with van der Waals surface area (Å²) in [7, 11) is 1.93. The molecule has 0 radical (unpaired) electrons. The van der Waals surface area contributed by atoms with Gasteiger partial charge in [0.1, 0.15) is 0 Å². The number of hydrogen-bond acceptors (Lipinski definition) is 4. The smallest absolute Gasteiger partial charge is 0.377 e. The van der Waals surface area contributed by atoms with Crippen LogP contribution in [-0.4, -0.2) is 42.7 Å². The van der Waals surface area contributed by atoms with E-state index in [9.17, 15) is 4.79 Å². The molecule has 14 heavy (non-hydrogen) atoms. The van der Waals surface area contributed by atoms with Crippen LogP contribution in [0.1, 0.15) is 6.92 Å². The van der Waals surface area contributed by atoms with Gasteiger partial charge in [-0.05, 0) is 0 Å². The molecule has 84 valence electrons. The van der Waals surface area contributed by atoms with E-state index >= 15 is 0 Å². The molecule has 0 aliphatic rings. The lowest BCUT2D eigenvalue weighted by Crippen LogP contribution is -2.50. The lowest BCUT2D eigenvalue weighted by Gasteiger charge is -2.29. The van der Waals surface area contributed by atoms with Gasteiger partial charge in [-0.15, -0.1) is 0 Å². The molecule has 0 spiro atoms. The SMILES string of the molecule is CO[Si](OC)(OC)C(C)CNC(N)=O. The van der Waals surface area contributed by atoms with Crippen molar-refractivity contribution in [1.82, 2.24) is 5.32 Å². The first-order chi connectivity index (χ1) is 6.52. The van der Waals surface area contributed by atoms with Gasteiger partial charge in [0.15, 0.2) is 0 Å². The molecule has 0 aromatic rings. The molecule has 0 saturated heterocycles. The Balaban J connectivity index is 4.28. The highest BCUT2D eigenvalue weighted by atomic mass is 28.4. The van der Waals surface area contributed by atoms with Crippen LogP contribution in [0.3, 0.4) is 0 Å². The first kappa shape index (κ1) is 13.4. The van der Waals surface area contributed by atoms with Crippen LogP contribution in [0.4, 0.5) is 4.79 Å². The van der Waals surface area contributed by atoms with E-state index in [2.05, 4.69) is 5.32 Å². The lowest BCUT2D eigenvalue weighted by molar-refractivity contribution is 0.113. The molecule has 0 aliphatic heterocycles. The predicted octanol–water partition coefficient (Wildman–Crippen LogP) is -0.0771. The van der Waals surface area contributed by atoms with Crippen LogP contribution in [0.15, 0.2) is 0 Å². The molecule has 0 rings (SSSR count). The van der Waals surface area contributed by atoms with Crippen molar-refractivity contribution in [2.75, 3.05) is 27.9 Å². The van der Waals surface area contributed by atoms with Crippen molar-refractivity contribution in [3.8, 4) is 0 Å². The van der Waals surface area contributed by atoms with Gasteiger partial charge >= 0.3 is 14.8 Å². The molecule has 0 aromatic carbocycles. The molecule has 7 heteroatoms. The van der Waals surface area contributed by atoms with Crippen molar-refractivity contribution in [2.45, 2.75) is 12.5 Å². The van der Waals surface area contributed by atoms with Gasteiger partial charge in [-0.1, -0.05) is 6.92 Å². The minimum Gasteiger partial charge on any atom is -0.377 e. The lowest BCUT2D eigenvalue weighted by atomic mass is 10.5. The second-order valence-corrected chi connectivity index (χ2v) is 6.28. The summed E-state index contributed by atoms with van der Waals surface area (Å²) in [5.41, 5.74) is 4.91. The Morgan fingerprint density at radius 2 is 1.79 bits per heavy atom.